The molecule has 2 rings (SSSR count). The van der Waals surface area contributed by atoms with Crippen molar-refractivity contribution in [1.82, 2.24) is 10.2 Å². The number of hydrogen-bond acceptors (Lipinski definition) is 2. The van der Waals surface area contributed by atoms with Gasteiger partial charge in [0.15, 0.2) is 0 Å². The molecule has 1 aliphatic heterocycles. The Morgan fingerprint density at radius 1 is 1.21 bits per heavy atom. The number of hydrogen-bond donors (Lipinski definition) is 1. The standard InChI is InChI=1S/C16H24N2O/c1-16(2,14-8-4-3-5-9-14)17-15(19)10-13-18-11-6-7-12-18/h3-5,8-9H,6-7,10-13H2,1-2H3,(H,17,19). The number of benzene rings is 1. The van der Waals surface area contributed by atoms with E-state index in [1.165, 1.54) is 12.8 Å². The van der Waals surface area contributed by atoms with Crippen molar-refractivity contribution in [3.8, 4) is 0 Å². The normalized spacial score (nSPS) is 16.5. The second-order valence-electron chi connectivity index (χ2n) is 5.84. The molecule has 1 N–H and O–H groups in total. The smallest absolute Gasteiger partial charge is 0.221 e. The second kappa shape index (κ2) is 6.20. The fourth-order valence-electron chi connectivity index (χ4n) is 2.60. The summed E-state index contributed by atoms with van der Waals surface area (Å²) in [5, 5.41) is 3.13. The molecule has 19 heavy (non-hydrogen) atoms. The van der Waals surface area contributed by atoms with Crippen molar-refractivity contribution in [3.63, 3.8) is 0 Å². The van der Waals surface area contributed by atoms with Crippen LogP contribution in [0, 0.1) is 0 Å². The first-order valence-electron chi connectivity index (χ1n) is 7.17. The minimum absolute atomic E-state index is 0.140. The SMILES string of the molecule is CC(C)(NC(=O)CCN1CCCC1)c1ccccc1. The van der Waals surface area contributed by atoms with Crippen LogP contribution in [0.5, 0.6) is 0 Å². The molecule has 1 aromatic rings. The molecule has 0 bridgehead atoms. The van der Waals surface area contributed by atoms with Crippen LogP contribution in [-0.2, 0) is 10.3 Å². The van der Waals surface area contributed by atoms with Crippen LogP contribution >= 0.6 is 0 Å². The molecule has 1 aliphatic rings. The summed E-state index contributed by atoms with van der Waals surface area (Å²) >= 11 is 0. The third kappa shape index (κ3) is 4.06. The summed E-state index contributed by atoms with van der Waals surface area (Å²) in [4.78, 5) is 14.4. The van der Waals surface area contributed by atoms with Crippen LogP contribution in [0.15, 0.2) is 30.3 Å². The number of carbonyl (C=O) groups excluding carboxylic acids is 1. The molecule has 1 aromatic carbocycles. The Morgan fingerprint density at radius 2 is 1.84 bits per heavy atom. The first-order chi connectivity index (χ1) is 9.08. The lowest BCUT2D eigenvalue weighted by Crippen LogP contribution is -2.42. The van der Waals surface area contributed by atoms with Gasteiger partial charge in [0.1, 0.15) is 0 Å². The third-order valence-electron chi connectivity index (χ3n) is 3.80. The first-order valence-corrected chi connectivity index (χ1v) is 7.17. The highest BCUT2D eigenvalue weighted by Gasteiger charge is 2.22. The van der Waals surface area contributed by atoms with Gasteiger partial charge in [0.25, 0.3) is 0 Å². The molecule has 1 amide bonds. The molecule has 0 aliphatic carbocycles. The van der Waals surface area contributed by atoms with Crippen LogP contribution in [0.2, 0.25) is 0 Å². The lowest BCUT2D eigenvalue weighted by molar-refractivity contribution is -0.123. The molecule has 3 heteroatoms. The van der Waals surface area contributed by atoms with Gasteiger partial charge in [0.2, 0.25) is 5.91 Å². The van der Waals surface area contributed by atoms with E-state index in [2.05, 4.69) is 36.2 Å². The number of amides is 1. The van der Waals surface area contributed by atoms with Gasteiger partial charge < -0.3 is 10.2 Å². The predicted molar refractivity (Wildman–Crippen MR) is 77.9 cm³/mol. The van der Waals surface area contributed by atoms with Crippen molar-refractivity contribution in [2.24, 2.45) is 0 Å². The van der Waals surface area contributed by atoms with E-state index >= 15 is 0 Å². The highest BCUT2D eigenvalue weighted by atomic mass is 16.1. The minimum Gasteiger partial charge on any atom is -0.347 e. The fraction of sp³-hybridized carbons (Fsp3) is 0.562. The van der Waals surface area contributed by atoms with E-state index in [4.69, 9.17) is 0 Å². The van der Waals surface area contributed by atoms with Crippen LogP contribution in [0.4, 0.5) is 0 Å². The molecule has 1 saturated heterocycles. The Morgan fingerprint density at radius 3 is 2.47 bits per heavy atom. The Labute approximate surface area is 116 Å². The Kier molecular flexibility index (Phi) is 4.59. The fourth-order valence-corrected chi connectivity index (χ4v) is 2.60. The Hall–Kier alpha value is -1.35. The van der Waals surface area contributed by atoms with Gasteiger partial charge in [-0.05, 0) is 45.3 Å². The van der Waals surface area contributed by atoms with E-state index in [9.17, 15) is 4.79 Å². The second-order valence-corrected chi connectivity index (χ2v) is 5.84. The third-order valence-corrected chi connectivity index (χ3v) is 3.80. The highest BCUT2D eigenvalue weighted by molar-refractivity contribution is 5.77. The van der Waals surface area contributed by atoms with Crippen molar-refractivity contribution in [2.45, 2.75) is 38.6 Å². The molecule has 0 atom stereocenters. The number of nitrogens with zero attached hydrogens (tertiary/aromatic N) is 1. The van der Waals surface area contributed by atoms with E-state index in [0.29, 0.717) is 6.42 Å². The molecule has 0 radical (unpaired) electrons. The average molecular weight is 260 g/mol. The van der Waals surface area contributed by atoms with Crippen molar-refractivity contribution in [3.05, 3.63) is 35.9 Å². The van der Waals surface area contributed by atoms with Crippen LogP contribution in [0.3, 0.4) is 0 Å². The van der Waals surface area contributed by atoms with Gasteiger partial charge in [-0.15, -0.1) is 0 Å². The zero-order chi connectivity index (χ0) is 13.7. The molecule has 1 fully saturated rings. The summed E-state index contributed by atoms with van der Waals surface area (Å²) in [6.45, 7) is 7.29. The summed E-state index contributed by atoms with van der Waals surface area (Å²) in [7, 11) is 0. The van der Waals surface area contributed by atoms with E-state index in [1.54, 1.807) is 0 Å². The first kappa shape index (κ1) is 14.1. The highest BCUT2D eigenvalue weighted by Crippen LogP contribution is 2.19. The summed E-state index contributed by atoms with van der Waals surface area (Å²) in [6.07, 6.45) is 3.14. The van der Waals surface area contributed by atoms with Gasteiger partial charge in [-0.2, -0.15) is 0 Å². The van der Waals surface area contributed by atoms with Gasteiger partial charge in [-0.1, -0.05) is 30.3 Å². The van der Waals surface area contributed by atoms with Crippen LogP contribution in [0.25, 0.3) is 0 Å². The Balaban J connectivity index is 1.83. The van der Waals surface area contributed by atoms with E-state index in [-0.39, 0.29) is 11.4 Å². The number of nitrogens with one attached hydrogen (secondary N) is 1. The van der Waals surface area contributed by atoms with Crippen molar-refractivity contribution < 1.29 is 4.79 Å². The molecule has 3 nitrogen and oxygen atoms in total. The molecule has 1 heterocycles. The van der Waals surface area contributed by atoms with Crippen LogP contribution < -0.4 is 5.32 Å². The van der Waals surface area contributed by atoms with Crippen LogP contribution in [0.1, 0.15) is 38.7 Å². The minimum atomic E-state index is -0.302. The topological polar surface area (TPSA) is 32.3 Å². The summed E-state index contributed by atoms with van der Waals surface area (Å²) < 4.78 is 0. The summed E-state index contributed by atoms with van der Waals surface area (Å²) in [6, 6.07) is 10.1. The van der Waals surface area contributed by atoms with Crippen LogP contribution in [-0.4, -0.2) is 30.4 Å². The van der Waals surface area contributed by atoms with E-state index in [0.717, 1.165) is 25.2 Å². The molecular formula is C16H24N2O. The maximum Gasteiger partial charge on any atom is 0.221 e. The van der Waals surface area contributed by atoms with Gasteiger partial charge in [-0.25, -0.2) is 0 Å². The van der Waals surface area contributed by atoms with Gasteiger partial charge in [0.05, 0.1) is 5.54 Å². The van der Waals surface area contributed by atoms with Gasteiger partial charge in [-0.3, -0.25) is 4.79 Å². The van der Waals surface area contributed by atoms with Crippen molar-refractivity contribution >= 4 is 5.91 Å². The van der Waals surface area contributed by atoms with E-state index in [1.807, 2.05) is 18.2 Å². The predicted octanol–water partition coefficient (Wildman–Crippen LogP) is 2.52. The quantitative estimate of drug-likeness (QED) is 0.882. The molecule has 0 aromatic heterocycles. The maximum absolute atomic E-state index is 12.1. The maximum atomic E-state index is 12.1. The van der Waals surface area contributed by atoms with Gasteiger partial charge in [0, 0.05) is 13.0 Å². The van der Waals surface area contributed by atoms with E-state index < -0.39 is 0 Å². The summed E-state index contributed by atoms with van der Waals surface area (Å²) in [5.74, 6) is 0.140. The molecule has 104 valence electrons. The Bertz CT molecular complexity index is 408. The zero-order valence-corrected chi connectivity index (χ0v) is 12.0. The molecule has 0 spiro atoms. The van der Waals surface area contributed by atoms with Crippen molar-refractivity contribution in [1.29, 1.82) is 0 Å². The van der Waals surface area contributed by atoms with Crippen molar-refractivity contribution in [2.75, 3.05) is 19.6 Å². The zero-order valence-electron chi connectivity index (χ0n) is 12.0. The molecule has 0 saturated carbocycles. The number of carbonyl (C=O) groups is 1. The van der Waals surface area contributed by atoms with Gasteiger partial charge >= 0.3 is 0 Å². The molecular weight excluding hydrogens is 236 g/mol. The lowest BCUT2D eigenvalue weighted by Gasteiger charge is -2.27. The summed E-state index contributed by atoms with van der Waals surface area (Å²) in [5.41, 5.74) is 0.841. The largest absolute Gasteiger partial charge is 0.347 e. The monoisotopic (exact) mass is 260 g/mol. The lowest BCUT2D eigenvalue weighted by atomic mass is 9.94. The number of rotatable bonds is 5. The average Bonchev–Trinajstić information content (AvgIpc) is 2.90. The number of likely N-dealkylation sites (tertiary alicyclic amines) is 1. The molecule has 0 unspecified atom stereocenters.